The van der Waals surface area contributed by atoms with E-state index in [0.29, 0.717) is 6.54 Å². The first-order valence-corrected chi connectivity index (χ1v) is 10.3. The molecule has 148 valence electrons. The SMILES string of the molecule is Cc1c(-c2ccc3c(c2)CCCN(CC(=O)O)C3)cccc1-c1ccccc1Cl. The van der Waals surface area contributed by atoms with Gasteiger partial charge in [-0.15, -0.1) is 0 Å². The highest BCUT2D eigenvalue weighted by Gasteiger charge is 2.18. The van der Waals surface area contributed by atoms with Crippen molar-refractivity contribution in [1.29, 1.82) is 0 Å². The quantitative estimate of drug-likeness (QED) is 0.595. The highest BCUT2D eigenvalue weighted by Crippen LogP contribution is 2.36. The molecule has 0 saturated heterocycles. The highest BCUT2D eigenvalue weighted by molar-refractivity contribution is 6.33. The fourth-order valence-electron chi connectivity index (χ4n) is 4.24. The molecule has 4 heteroatoms. The van der Waals surface area contributed by atoms with Gasteiger partial charge in [-0.05, 0) is 65.8 Å². The minimum absolute atomic E-state index is 0.0974. The fraction of sp³-hybridized carbons (Fsp3) is 0.240. The molecule has 1 aliphatic rings. The van der Waals surface area contributed by atoms with E-state index >= 15 is 0 Å². The second kappa shape index (κ2) is 8.40. The van der Waals surface area contributed by atoms with Crippen LogP contribution >= 0.6 is 11.6 Å². The van der Waals surface area contributed by atoms with Crippen molar-refractivity contribution >= 4 is 17.6 Å². The normalized spacial score (nSPS) is 14.3. The van der Waals surface area contributed by atoms with Crippen LogP contribution in [0.5, 0.6) is 0 Å². The van der Waals surface area contributed by atoms with Gasteiger partial charge in [-0.2, -0.15) is 0 Å². The van der Waals surface area contributed by atoms with Crippen molar-refractivity contribution in [2.24, 2.45) is 0 Å². The van der Waals surface area contributed by atoms with Crippen molar-refractivity contribution in [1.82, 2.24) is 4.90 Å². The summed E-state index contributed by atoms with van der Waals surface area (Å²) in [4.78, 5) is 13.1. The Labute approximate surface area is 176 Å². The van der Waals surface area contributed by atoms with E-state index < -0.39 is 5.97 Å². The van der Waals surface area contributed by atoms with Gasteiger partial charge in [0, 0.05) is 17.1 Å². The van der Waals surface area contributed by atoms with E-state index in [-0.39, 0.29) is 6.54 Å². The van der Waals surface area contributed by atoms with Crippen LogP contribution < -0.4 is 0 Å². The summed E-state index contributed by atoms with van der Waals surface area (Å²) in [7, 11) is 0. The van der Waals surface area contributed by atoms with Gasteiger partial charge in [-0.3, -0.25) is 9.69 Å². The predicted octanol–water partition coefficient (Wildman–Crippen LogP) is 5.82. The standard InChI is InChI=1S/C25H24ClNO2/c1-17-21(8-4-9-22(17)23-7-2-3-10-24(23)26)19-11-12-20-15-27(16-25(28)29)13-5-6-18(20)14-19/h2-4,7-12,14H,5-6,13,15-16H2,1H3,(H,28,29). The van der Waals surface area contributed by atoms with Crippen LogP contribution in [0.15, 0.2) is 60.7 Å². The summed E-state index contributed by atoms with van der Waals surface area (Å²) < 4.78 is 0. The Morgan fingerprint density at radius 1 is 1.00 bits per heavy atom. The molecule has 3 nitrogen and oxygen atoms in total. The Bertz CT molecular complexity index is 1060. The summed E-state index contributed by atoms with van der Waals surface area (Å²) in [5.41, 5.74) is 8.36. The van der Waals surface area contributed by atoms with Crippen LogP contribution in [-0.4, -0.2) is 29.1 Å². The molecule has 3 aromatic rings. The number of carboxylic acid groups (broad SMARTS) is 1. The predicted molar refractivity (Wildman–Crippen MR) is 118 cm³/mol. The van der Waals surface area contributed by atoms with Gasteiger partial charge >= 0.3 is 5.97 Å². The largest absolute Gasteiger partial charge is 0.480 e. The molecule has 0 radical (unpaired) electrons. The number of benzene rings is 3. The molecular formula is C25H24ClNO2. The number of aliphatic carboxylic acids is 1. The molecule has 0 bridgehead atoms. The van der Waals surface area contributed by atoms with Crippen LogP contribution in [0.25, 0.3) is 22.3 Å². The number of fused-ring (bicyclic) bond motifs is 1. The van der Waals surface area contributed by atoms with Crippen LogP contribution in [0.2, 0.25) is 5.02 Å². The van der Waals surface area contributed by atoms with Gasteiger partial charge in [0.05, 0.1) is 6.54 Å². The second-order valence-corrected chi connectivity index (χ2v) is 8.06. The maximum absolute atomic E-state index is 11.1. The maximum atomic E-state index is 11.1. The van der Waals surface area contributed by atoms with E-state index in [1.54, 1.807) is 0 Å². The third-order valence-electron chi connectivity index (χ3n) is 5.69. The van der Waals surface area contributed by atoms with Crippen molar-refractivity contribution in [2.75, 3.05) is 13.1 Å². The lowest BCUT2D eigenvalue weighted by atomic mass is 9.90. The van der Waals surface area contributed by atoms with Crippen LogP contribution in [0.1, 0.15) is 23.1 Å². The zero-order valence-electron chi connectivity index (χ0n) is 16.5. The number of hydrogen-bond donors (Lipinski definition) is 1. The molecule has 0 saturated carbocycles. The van der Waals surface area contributed by atoms with E-state index in [2.05, 4.69) is 49.4 Å². The van der Waals surface area contributed by atoms with Crippen LogP contribution in [0.3, 0.4) is 0 Å². The van der Waals surface area contributed by atoms with Gasteiger partial charge in [0.15, 0.2) is 0 Å². The number of carbonyl (C=O) groups is 1. The topological polar surface area (TPSA) is 40.5 Å². The number of carboxylic acids is 1. The van der Waals surface area contributed by atoms with E-state index in [9.17, 15) is 4.79 Å². The zero-order chi connectivity index (χ0) is 20.4. The van der Waals surface area contributed by atoms with Crippen molar-refractivity contribution in [3.63, 3.8) is 0 Å². The summed E-state index contributed by atoms with van der Waals surface area (Å²) in [6, 6.07) is 20.9. The molecule has 0 spiro atoms. The molecular weight excluding hydrogens is 382 g/mol. The van der Waals surface area contributed by atoms with Gasteiger partial charge in [-0.1, -0.05) is 66.2 Å². The first kappa shape index (κ1) is 19.7. The Morgan fingerprint density at radius 2 is 1.76 bits per heavy atom. The smallest absolute Gasteiger partial charge is 0.317 e. The lowest BCUT2D eigenvalue weighted by molar-refractivity contribution is -0.138. The highest BCUT2D eigenvalue weighted by atomic mass is 35.5. The van der Waals surface area contributed by atoms with E-state index in [0.717, 1.165) is 35.5 Å². The molecule has 0 amide bonds. The third kappa shape index (κ3) is 4.21. The van der Waals surface area contributed by atoms with Crippen molar-refractivity contribution in [3.05, 3.63) is 82.4 Å². The first-order valence-electron chi connectivity index (χ1n) is 9.94. The van der Waals surface area contributed by atoms with Gasteiger partial charge in [-0.25, -0.2) is 0 Å². The van der Waals surface area contributed by atoms with E-state index in [1.807, 2.05) is 23.1 Å². The third-order valence-corrected chi connectivity index (χ3v) is 6.02. The number of halogens is 1. The summed E-state index contributed by atoms with van der Waals surface area (Å²) >= 11 is 6.45. The van der Waals surface area contributed by atoms with Crippen molar-refractivity contribution < 1.29 is 9.90 Å². The summed E-state index contributed by atoms with van der Waals surface area (Å²) in [6.07, 6.45) is 1.95. The number of rotatable bonds is 4. The van der Waals surface area contributed by atoms with Gasteiger partial charge < -0.3 is 5.11 Å². The Kier molecular flexibility index (Phi) is 5.70. The van der Waals surface area contributed by atoms with Crippen molar-refractivity contribution in [2.45, 2.75) is 26.3 Å². The first-order chi connectivity index (χ1) is 14.0. The van der Waals surface area contributed by atoms with Crippen LogP contribution in [-0.2, 0) is 17.8 Å². The lowest BCUT2D eigenvalue weighted by Gasteiger charge is -2.18. The Balaban J connectivity index is 1.70. The van der Waals surface area contributed by atoms with E-state index in [4.69, 9.17) is 16.7 Å². The Hall–Kier alpha value is -2.62. The maximum Gasteiger partial charge on any atom is 0.317 e. The molecule has 3 aromatic carbocycles. The van der Waals surface area contributed by atoms with Crippen molar-refractivity contribution in [3.8, 4) is 22.3 Å². The molecule has 0 aromatic heterocycles. The molecule has 0 aliphatic carbocycles. The molecule has 4 rings (SSSR count). The molecule has 1 N–H and O–H groups in total. The lowest BCUT2D eigenvalue weighted by Crippen LogP contribution is -2.29. The summed E-state index contributed by atoms with van der Waals surface area (Å²) in [5.74, 6) is -0.767. The Morgan fingerprint density at radius 3 is 2.55 bits per heavy atom. The van der Waals surface area contributed by atoms with Gasteiger partial charge in [0.25, 0.3) is 0 Å². The van der Waals surface area contributed by atoms with E-state index in [1.165, 1.54) is 27.8 Å². The minimum Gasteiger partial charge on any atom is -0.480 e. The monoisotopic (exact) mass is 405 g/mol. The zero-order valence-corrected chi connectivity index (χ0v) is 17.2. The fourth-order valence-corrected chi connectivity index (χ4v) is 4.48. The molecule has 29 heavy (non-hydrogen) atoms. The molecule has 0 fully saturated rings. The average molecular weight is 406 g/mol. The van der Waals surface area contributed by atoms with Crippen LogP contribution in [0, 0.1) is 6.92 Å². The van der Waals surface area contributed by atoms with Gasteiger partial charge in [0.1, 0.15) is 0 Å². The van der Waals surface area contributed by atoms with Gasteiger partial charge in [0.2, 0.25) is 0 Å². The molecule has 0 atom stereocenters. The number of aryl methyl sites for hydroxylation is 1. The molecule has 1 aliphatic heterocycles. The minimum atomic E-state index is -0.767. The average Bonchev–Trinajstić information content (AvgIpc) is 2.89. The second-order valence-electron chi connectivity index (χ2n) is 7.65. The summed E-state index contributed by atoms with van der Waals surface area (Å²) in [6.45, 7) is 3.76. The van der Waals surface area contributed by atoms with Crippen LogP contribution in [0.4, 0.5) is 0 Å². The molecule has 0 unspecified atom stereocenters. The molecule has 1 heterocycles. The number of nitrogens with zero attached hydrogens (tertiary/aromatic N) is 1. The summed E-state index contributed by atoms with van der Waals surface area (Å²) in [5, 5.41) is 9.87. The number of hydrogen-bond acceptors (Lipinski definition) is 2.